The standard InChI is InChI=1S/C18H20N2O3/c1-13-7-8-16(17(21)19-13)18(22)23-12-14-9-10-20(11-14)15-5-3-2-4-6-15/h2-8,14H,9-12H2,1H3,(H,19,21). The maximum Gasteiger partial charge on any atom is 0.343 e. The summed E-state index contributed by atoms with van der Waals surface area (Å²) in [4.78, 5) is 28.7. The van der Waals surface area contributed by atoms with E-state index in [-0.39, 0.29) is 5.56 Å². The highest BCUT2D eigenvalue weighted by Gasteiger charge is 2.24. The Morgan fingerprint density at radius 1 is 1.26 bits per heavy atom. The third-order valence-corrected chi connectivity index (χ3v) is 4.13. The van der Waals surface area contributed by atoms with E-state index in [4.69, 9.17) is 4.74 Å². The number of aryl methyl sites for hydroxylation is 1. The number of aromatic amines is 1. The van der Waals surface area contributed by atoms with Crippen LogP contribution in [0.4, 0.5) is 5.69 Å². The number of rotatable bonds is 4. The van der Waals surface area contributed by atoms with Gasteiger partial charge < -0.3 is 14.6 Å². The third kappa shape index (κ3) is 3.62. The molecule has 1 fully saturated rings. The Balaban J connectivity index is 1.55. The van der Waals surface area contributed by atoms with Crippen molar-refractivity contribution in [3.8, 4) is 0 Å². The van der Waals surface area contributed by atoms with Crippen molar-refractivity contribution in [1.29, 1.82) is 0 Å². The molecule has 0 amide bonds. The van der Waals surface area contributed by atoms with Gasteiger partial charge in [0.25, 0.3) is 5.56 Å². The fraction of sp³-hybridized carbons (Fsp3) is 0.333. The van der Waals surface area contributed by atoms with Gasteiger partial charge in [0.1, 0.15) is 5.56 Å². The van der Waals surface area contributed by atoms with E-state index in [0.29, 0.717) is 12.5 Å². The first kappa shape index (κ1) is 15.3. The number of nitrogens with one attached hydrogen (secondary N) is 1. The topological polar surface area (TPSA) is 62.4 Å². The summed E-state index contributed by atoms with van der Waals surface area (Å²) in [7, 11) is 0. The van der Waals surface area contributed by atoms with Crippen LogP contribution in [0.2, 0.25) is 0 Å². The molecule has 2 heterocycles. The molecule has 120 valence electrons. The van der Waals surface area contributed by atoms with Gasteiger partial charge in [-0.1, -0.05) is 18.2 Å². The molecule has 1 atom stereocenters. The molecule has 0 spiro atoms. The number of pyridine rings is 1. The van der Waals surface area contributed by atoms with E-state index in [1.165, 1.54) is 11.8 Å². The maximum atomic E-state index is 12.0. The fourth-order valence-corrected chi connectivity index (χ4v) is 2.85. The van der Waals surface area contributed by atoms with Crippen LogP contribution in [0, 0.1) is 12.8 Å². The number of carbonyl (C=O) groups excluding carboxylic acids is 1. The second-order valence-electron chi connectivity index (χ2n) is 5.92. The van der Waals surface area contributed by atoms with Crippen molar-refractivity contribution in [2.75, 3.05) is 24.6 Å². The highest BCUT2D eigenvalue weighted by molar-refractivity contribution is 5.88. The van der Waals surface area contributed by atoms with Crippen molar-refractivity contribution in [3.05, 3.63) is 64.1 Å². The van der Waals surface area contributed by atoms with E-state index < -0.39 is 11.5 Å². The predicted octanol–water partition coefficient (Wildman–Crippen LogP) is 2.37. The number of benzene rings is 1. The smallest absolute Gasteiger partial charge is 0.343 e. The minimum Gasteiger partial charge on any atom is -0.462 e. The number of anilines is 1. The lowest BCUT2D eigenvalue weighted by Gasteiger charge is -2.18. The van der Waals surface area contributed by atoms with Crippen molar-refractivity contribution < 1.29 is 9.53 Å². The van der Waals surface area contributed by atoms with Crippen LogP contribution in [0.5, 0.6) is 0 Å². The van der Waals surface area contributed by atoms with Crippen LogP contribution in [-0.4, -0.2) is 30.6 Å². The number of carbonyl (C=O) groups is 1. The summed E-state index contributed by atoms with van der Waals surface area (Å²) in [5, 5.41) is 0. The molecule has 2 aromatic rings. The number of aromatic nitrogens is 1. The van der Waals surface area contributed by atoms with E-state index in [9.17, 15) is 9.59 Å². The lowest BCUT2D eigenvalue weighted by molar-refractivity contribution is 0.0449. The van der Waals surface area contributed by atoms with Crippen LogP contribution in [0.15, 0.2) is 47.3 Å². The Morgan fingerprint density at radius 2 is 2.04 bits per heavy atom. The van der Waals surface area contributed by atoms with Crippen LogP contribution in [0.3, 0.4) is 0 Å². The molecule has 0 aliphatic carbocycles. The van der Waals surface area contributed by atoms with Gasteiger partial charge in [-0.2, -0.15) is 0 Å². The minimum absolute atomic E-state index is 0.0634. The number of para-hydroxylation sites is 1. The molecule has 0 bridgehead atoms. The summed E-state index contributed by atoms with van der Waals surface area (Å²) in [5.74, 6) is -0.256. The Morgan fingerprint density at radius 3 is 2.78 bits per heavy atom. The van der Waals surface area contributed by atoms with Gasteiger partial charge in [0.2, 0.25) is 0 Å². The number of ether oxygens (including phenoxy) is 1. The maximum absolute atomic E-state index is 12.0. The van der Waals surface area contributed by atoms with Crippen molar-refractivity contribution in [1.82, 2.24) is 4.98 Å². The van der Waals surface area contributed by atoms with E-state index >= 15 is 0 Å². The predicted molar refractivity (Wildman–Crippen MR) is 88.8 cm³/mol. The molecular weight excluding hydrogens is 292 g/mol. The first-order chi connectivity index (χ1) is 11.1. The molecule has 1 aromatic carbocycles. The van der Waals surface area contributed by atoms with Gasteiger partial charge in [-0.05, 0) is 37.6 Å². The number of hydrogen-bond donors (Lipinski definition) is 1. The van der Waals surface area contributed by atoms with Crippen LogP contribution < -0.4 is 10.5 Å². The van der Waals surface area contributed by atoms with Gasteiger partial charge in [-0.25, -0.2) is 4.79 Å². The first-order valence-electron chi connectivity index (χ1n) is 7.80. The van der Waals surface area contributed by atoms with Crippen LogP contribution in [0.1, 0.15) is 22.5 Å². The summed E-state index contributed by atoms with van der Waals surface area (Å²) < 4.78 is 5.33. The summed E-state index contributed by atoms with van der Waals surface area (Å²) >= 11 is 0. The average molecular weight is 312 g/mol. The SMILES string of the molecule is Cc1ccc(C(=O)OCC2CCN(c3ccccc3)C2)c(=O)[nH]1. The van der Waals surface area contributed by atoms with Crippen molar-refractivity contribution in [3.63, 3.8) is 0 Å². The number of esters is 1. The molecule has 1 aliphatic rings. The highest BCUT2D eigenvalue weighted by atomic mass is 16.5. The third-order valence-electron chi connectivity index (χ3n) is 4.13. The Bertz CT molecular complexity index is 739. The largest absolute Gasteiger partial charge is 0.462 e. The van der Waals surface area contributed by atoms with Gasteiger partial charge in [0.15, 0.2) is 0 Å². The average Bonchev–Trinajstić information content (AvgIpc) is 3.02. The highest BCUT2D eigenvalue weighted by Crippen LogP contribution is 2.23. The second-order valence-corrected chi connectivity index (χ2v) is 5.92. The van der Waals surface area contributed by atoms with Gasteiger partial charge in [-0.3, -0.25) is 4.79 Å². The number of nitrogens with zero attached hydrogens (tertiary/aromatic N) is 1. The van der Waals surface area contributed by atoms with Crippen LogP contribution in [0.25, 0.3) is 0 Å². The lowest BCUT2D eigenvalue weighted by atomic mass is 10.1. The lowest BCUT2D eigenvalue weighted by Crippen LogP contribution is -2.24. The van der Waals surface area contributed by atoms with Crippen LogP contribution >= 0.6 is 0 Å². The van der Waals surface area contributed by atoms with Crippen LogP contribution in [-0.2, 0) is 4.74 Å². The van der Waals surface area contributed by atoms with Crippen molar-refractivity contribution in [2.45, 2.75) is 13.3 Å². The molecule has 5 heteroatoms. The Labute approximate surface area is 134 Å². The molecular formula is C18H20N2O3. The summed E-state index contributed by atoms with van der Waals surface area (Å²) in [6.45, 7) is 3.93. The second kappa shape index (κ2) is 6.69. The van der Waals surface area contributed by atoms with Gasteiger partial charge in [0.05, 0.1) is 6.61 Å². The zero-order valence-electron chi connectivity index (χ0n) is 13.1. The fourth-order valence-electron chi connectivity index (χ4n) is 2.85. The molecule has 1 aliphatic heterocycles. The molecule has 3 rings (SSSR count). The molecule has 1 N–H and O–H groups in total. The van der Waals surface area contributed by atoms with E-state index in [1.807, 2.05) is 18.2 Å². The zero-order chi connectivity index (χ0) is 16.2. The van der Waals surface area contributed by atoms with E-state index in [1.54, 1.807) is 13.0 Å². The number of H-pyrrole nitrogens is 1. The molecule has 1 saturated heterocycles. The normalized spacial score (nSPS) is 17.3. The molecule has 0 radical (unpaired) electrons. The summed E-state index contributed by atoms with van der Waals surface area (Å²) in [6, 6.07) is 13.4. The number of hydrogen-bond acceptors (Lipinski definition) is 4. The van der Waals surface area contributed by atoms with Gasteiger partial charge in [0, 0.05) is 30.4 Å². The van der Waals surface area contributed by atoms with E-state index in [0.717, 1.165) is 25.2 Å². The van der Waals surface area contributed by atoms with Crippen molar-refractivity contribution in [2.24, 2.45) is 5.92 Å². The molecule has 23 heavy (non-hydrogen) atoms. The summed E-state index contributed by atoms with van der Waals surface area (Å²) in [5.41, 5.74) is 1.58. The zero-order valence-corrected chi connectivity index (χ0v) is 13.1. The van der Waals surface area contributed by atoms with Gasteiger partial charge in [-0.15, -0.1) is 0 Å². The first-order valence-corrected chi connectivity index (χ1v) is 7.80. The molecule has 1 unspecified atom stereocenters. The van der Waals surface area contributed by atoms with Crippen molar-refractivity contribution >= 4 is 11.7 Å². The van der Waals surface area contributed by atoms with Gasteiger partial charge >= 0.3 is 5.97 Å². The van der Waals surface area contributed by atoms with E-state index in [2.05, 4.69) is 22.0 Å². The minimum atomic E-state index is -0.551. The molecule has 1 aromatic heterocycles. The quantitative estimate of drug-likeness (QED) is 0.880. The molecule has 0 saturated carbocycles. The Hall–Kier alpha value is -2.56. The Kier molecular flexibility index (Phi) is 4.46. The summed E-state index contributed by atoms with van der Waals surface area (Å²) in [6.07, 6.45) is 0.979. The molecule has 5 nitrogen and oxygen atoms in total. The monoisotopic (exact) mass is 312 g/mol.